The van der Waals surface area contributed by atoms with Crippen molar-refractivity contribution in [2.45, 2.75) is 30.1 Å². The highest BCUT2D eigenvalue weighted by Crippen LogP contribution is 2.51. The normalized spacial score (nSPS) is 15.5. The number of carbonyl (C=O) groups excluding carboxylic acids is 1. The van der Waals surface area contributed by atoms with Crippen LogP contribution >= 0.6 is 0 Å². The van der Waals surface area contributed by atoms with Gasteiger partial charge in [-0.05, 0) is 78.4 Å². The number of amides is 1. The summed E-state index contributed by atoms with van der Waals surface area (Å²) < 4.78 is 43.2. The number of hydrogen-bond acceptors (Lipinski definition) is 6. The number of sulfonamides is 1. The minimum absolute atomic E-state index is 0.0558. The topological polar surface area (TPSA) is 103 Å². The Morgan fingerprint density at radius 2 is 1.75 bits per heavy atom. The molecule has 188 valence electrons. The van der Waals surface area contributed by atoms with E-state index < -0.39 is 15.4 Å². The molecule has 1 aliphatic carbocycles. The van der Waals surface area contributed by atoms with Crippen molar-refractivity contribution in [3.05, 3.63) is 71.8 Å². The Morgan fingerprint density at radius 1 is 1.00 bits per heavy atom. The van der Waals surface area contributed by atoms with E-state index in [1.807, 2.05) is 43.3 Å². The Balaban J connectivity index is 1.34. The van der Waals surface area contributed by atoms with E-state index in [1.165, 1.54) is 7.11 Å². The van der Waals surface area contributed by atoms with Gasteiger partial charge in [0, 0.05) is 19.3 Å². The fraction of sp³-hybridized carbons (Fsp3) is 0.296. The smallest absolute Gasteiger partial charge is 0.240 e. The lowest BCUT2D eigenvalue weighted by molar-refractivity contribution is -0.118. The summed E-state index contributed by atoms with van der Waals surface area (Å²) in [5.41, 5.74) is 3.82. The first-order valence-corrected chi connectivity index (χ1v) is 13.2. The summed E-state index contributed by atoms with van der Waals surface area (Å²) in [6.45, 7) is 2.68. The number of aryl methyl sites for hydroxylation is 1. The summed E-state index contributed by atoms with van der Waals surface area (Å²) in [7, 11) is -2.09. The van der Waals surface area contributed by atoms with Crippen molar-refractivity contribution in [1.82, 2.24) is 4.72 Å². The van der Waals surface area contributed by atoms with E-state index in [0.717, 1.165) is 35.1 Å². The summed E-state index contributed by atoms with van der Waals surface area (Å²) in [6, 6.07) is 18.1. The van der Waals surface area contributed by atoms with Crippen molar-refractivity contribution in [2.75, 3.05) is 32.4 Å². The second-order valence-electron chi connectivity index (χ2n) is 9.05. The summed E-state index contributed by atoms with van der Waals surface area (Å²) in [5.74, 6) is 1.31. The van der Waals surface area contributed by atoms with E-state index >= 15 is 0 Å². The van der Waals surface area contributed by atoms with Gasteiger partial charge in [0.1, 0.15) is 0 Å². The van der Waals surface area contributed by atoms with Crippen LogP contribution in [0.3, 0.4) is 0 Å². The van der Waals surface area contributed by atoms with Crippen LogP contribution in [0.5, 0.6) is 11.5 Å². The van der Waals surface area contributed by atoms with Crippen molar-refractivity contribution >= 4 is 21.6 Å². The zero-order valence-electron chi connectivity index (χ0n) is 20.2. The van der Waals surface area contributed by atoms with Gasteiger partial charge in [-0.25, -0.2) is 13.1 Å². The minimum Gasteiger partial charge on any atom is -0.454 e. The van der Waals surface area contributed by atoms with Gasteiger partial charge in [0.2, 0.25) is 22.7 Å². The van der Waals surface area contributed by atoms with Gasteiger partial charge in [-0.3, -0.25) is 4.79 Å². The second kappa shape index (κ2) is 9.57. The van der Waals surface area contributed by atoms with Gasteiger partial charge in [0.15, 0.2) is 11.5 Å². The average molecular weight is 509 g/mol. The Hall–Kier alpha value is -3.40. The number of hydrogen-bond donors (Lipinski definition) is 2. The Bertz CT molecular complexity index is 1400. The molecular formula is C27H28N2O6S. The molecule has 36 heavy (non-hydrogen) atoms. The summed E-state index contributed by atoms with van der Waals surface area (Å²) in [6.07, 6.45) is 1.54. The lowest BCUT2D eigenvalue weighted by atomic mass is 9.94. The van der Waals surface area contributed by atoms with Crippen LogP contribution in [0.25, 0.3) is 11.1 Å². The fourth-order valence-electron chi connectivity index (χ4n) is 4.40. The van der Waals surface area contributed by atoms with Crippen LogP contribution < -0.4 is 19.5 Å². The minimum atomic E-state index is -3.61. The molecule has 2 aliphatic rings. The Kier molecular flexibility index (Phi) is 6.46. The van der Waals surface area contributed by atoms with Crippen LogP contribution in [-0.2, 0) is 25.0 Å². The highest BCUT2D eigenvalue weighted by molar-refractivity contribution is 7.89. The van der Waals surface area contributed by atoms with Crippen LogP contribution in [0, 0.1) is 6.92 Å². The van der Waals surface area contributed by atoms with Crippen LogP contribution in [0.4, 0.5) is 5.69 Å². The third kappa shape index (κ3) is 4.69. The van der Waals surface area contributed by atoms with E-state index in [0.29, 0.717) is 23.8 Å². The molecule has 3 aromatic carbocycles. The predicted octanol–water partition coefficient (Wildman–Crippen LogP) is 3.99. The quantitative estimate of drug-likeness (QED) is 0.424. The number of nitrogens with one attached hydrogen (secondary N) is 2. The van der Waals surface area contributed by atoms with Crippen LogP contribution in [0.15, 0.2) is 65.6 Å². The molecule has 1 fully saturated rings. The number of methoxy groups -OCH3 is 1. The Labute approximate surface area is 210 Å². The van der Waals surface area contributed by atoms with Crippen LogP contribution in [0.2, 0.25) is 0 Å². The predicted molar refractivity (Wildman–Crippen MR) is 136 cm³/mol. The van der Waals surface area contributed by atoms with E-state index in [1.54, 1.807) is 24.3 Å². The van der Waals surface area contributed by atoms with Crippen molar-refractivity contribution in [3.63, 3.8) is 0 Å². The molecule has 0 spiro atoms. The van der Waals surface area contributed by atoms with E-state index in [9.17, 15) is 13.2 Å². The number of rotatable bonds is 9. The summed E-state index contributed by atoms with van der Waals surface area (Å²) in [5, 5.41) is 3.08. The lowest BCUT2D eigenvalue weighted by Gasteiger charge is -2.17. The number of anilines is 1. The number of ether oxygens (including phenoxy) is 3. The summed E-state index contributed by atoms with van der Waals surface area (Å²) in [4.78, 5) is 13.5. The van der Waals surface area contributed by atoms with Crippen LogP contribution in [0.1, 0.15) is 24.0 Å². The molecule has 0 unspecified atom stereocenters. The van der Waals surface area contributed by atoms with Gasteiger partial charge in [-0.2, -0.15) is 0 Å². The zero-order chi connectivity index (χ0) is 25.3. The molecule has 1 amide bonds. The maximum absolute atomic E-state index is 13.3. The molecule has 0 bridgehead atoms. The number of benzene rings is 3. The second-order valence-corrected chi connectivity index (χ2v) is 10.8. The molecule has 8 nitrogen and oxygen atoms in total. The van der Waals surface area contributed by atoms with Crippen molar-refractivity contribution < 1.29 is 27.4 Å². The molecule has 3 aromatic rings. The maximum Gasteiger partial charge on any atom is 0.240 e. The third-order valence-electron chi connectivity index (χ3n) is 6.68. The van der Waals surface area contributed by atoms with E-state index in [2.05, 4.69) is 10.0 Å². The lowest BCUT2D eigenvalue weighted by Crippen LogP contribution is -2.27. The molecule has 0 atom stereocenters. The molecule has 9 heteroatoms. The first-order chi connectivity index (χ1) is 17.3. The molecule has 0 aromatic heterocycles. The van der Waals surface area contributed by atoms with Gasteiger partial charge in [0.25, 0.3) is 0 Å². The molecule has 1 saturated carbocycles. The van der Waals surface area contributed by atoms with Gasteiger partial charge < -0.3 is 19.5 Å². The molecular weight excluding hydrogens is 480 g/mol. The SMILES string of the molecule is COCCNS(=O)(=O)c1ccc(-c2cc(NC(=O)C3(c4ccc5c(c4)OCO5)CC3)ccc2C)cc1. The molecule has 0 radical (unpaired) electrons. The first kappa shape index (κ1) is 24.3. The van der Waals surface area contributed by atoms with Gasteiger partial charge >= 0.3 is 0 Å². The highest BCUT2D eigenvalue weighted by Gasteiger charge is 2.51. The van der Waals surface area contributed by atoms with Crippen molar-refractivity contribution in [2.24, 2.45) is 0 Å². The van der Waals surface area contributed by atoms with Crippen LogP contribution in [-0.4, -0.2) is 41.4 Å². The van der Waals surface area contributed by atoms with Gasteiger partial charge in [0.05, 0.1) is 16.9 Å². The van der Waals surface area contributed by atoms with E-state index in [-0.39, 0.29) is 24.1 Å². The first-order valence-electron chi connectivity index (χ1n) is 11.7. The third-order valence-corrected chi connectivity index (χ3v) is 8.16. The van der Waals surface area contributed by atoms with Crippen molar-refractivity contribution in [1.29, 1.82) is 0 Å². The largest absolute Gasteiger partial charge is 0.454 e. The fourth-order valence-corrected chi connectivity index (χ4v) is 5.42. The molecule has 1 heterocycles. The molecule has 5 rings (SSSR count). The number of fused-ring (bicyclic) bond motifs is 1. The molecule has 2 N–H and O–H groups in total. The Morgan fingerprint density at radius 3 is 2.47 bits per heavy atom. The zero-order valence-corrected chi connectivity index (χ0v) is 21.0. The van der Waals surface area contributed by atoms with Gasteiger partial charge in [-0.15, -0.1) is 0 Å². The van der Waals surface area contributed by atoms with Gasteiger partial charge in [-0.1, -0.05) is 24.3 Å². The molecule has 0 saturated heterocycles. The van der Waals surface area contributed by atoms with E-state index in [4.69, 9.17) is 14.2 Å². The summed E-state index contributed by atoms with van der Waals surface area (Å²) >= 11 is 0. The standard InChI is InChI=1S/C27H28N2O6S/c1-18-3-7-21(16-23(18)19-4-8-22(9-5-19)36(31,32)28-13-14-33-2)29-26(30)27(11-12-27)20-6-10-24-25(15-20)35-17-34-24/h3-10,15-16,28H,11-14,17H2,1-2H3,(H,29,30). The number of carbonyl (C=O) groups is 1. The monoisotopic (exact) mass is 508 g/mol. The van der Waals surface area contributed by atoms with Crippen molar-refractivity contribution in [3.8, 4) is 22.6 Å². The molecule has 1 aliphatic heterocycles. The highest BCUT2D eigenvalue weighted by atomic mass is 32.2. The maximum atomic E-state index is 13.3. The average Bonchev–Trinajstić information content (AvgIpc) is 3.56.